The van der Waals surface area contributed by atoms with Crippen molar-refractivity contribution in [2.75, 3.05) is 25.3 Å². The minimum atomic E-state index is -0.0263. The van der Waals surface area contributed by atoms with Crippen molar-refractivity contribution < 1.29 is 14.3 Å². The molecule has 6 heteroatoms. The first-order valence-electron chi connectivity index (χ1n) is 12.1. The molecule has 0 saturated carbocycles. The molecule has 1 heterocycles. The maximum atomic E-state index is 13.8. The molecule has 0 aliphatic rings. The summed E-state index contributed by atoms with van der Waals surface area (Å²) in [5.41, 5.74) is 6.06. The maximum Gasteiger partial charge on any atom is 0.248 e. The van der Waals surface area contributed by atoms with Crippen molar-refractivity contribution in [2.24, 2.45) is 0 Å². The molecule has 0 bridgehead atoms. The predicted molar refractivity (Wildman–Crippen MR) is 140 cm³/mol. The van der Waals surface area contributed by atoms with Gasteiger partial charge in [-0.2, -0.15) is 0 Å². The fraction of sp³-hybridized carbons (Fsp3) is 0.310. The standard InChI is InChI=1S/C29H33N3O3/c1-5-23-11-9-10-21(3)29(23)32(20-35-6-2)28(33)19-31-26-13-8-7-12-25(26)30-27(31)18-22-14-16-24(34-4)17-15-22/h7-17H,5-6,18-20H2,1-4H3. The highest BCUT2D eigenvalue weighted by Crippen LogP contribution is 2.27. The van der Waals surface area contributed by atoms with E-state index in [2.05, 4.69) is 13.0 Å². The topological polar surface area (TPSA) is 56.6 Å². The Balaban J connectivity index is 1.71. The molecule has 4 aromatic rings. The molecule has 182 valence electrons. The van der Waals surface area contributed by atoms with Gasteiger partial charge in [-0.3, -0.25) is 9.69 Å². The Kier molecular flexibility index (Phi) is 7.83. The Bertz CT molecular complexity index is 1290. The van der Waals surface area contributed by atoms with E-state index < -0.39 is 0 Å². The Morgan fingerprint density at radius 3 is 2.49 bits per heavy atom. The number of carbonyl (C=O) groups excluding carboxylic acids is 1. The zero-order valence-electron chi connectivity index (χ0n) is 21.0. The van der Waals surface area contributed by atoms with Gasteiger partial charge in [-0.25, -0.2) is 4.98 Å². The number of ether oxygens (including phenoxy) is 2. The minimum Gasteiger partial charge on any atom is -0.497 e. The Morgan fingerprint density at radius 2 is 1.77 bits per heavy atom. The number of para-hydroxylation sites is 3. The molecule has 3 aromatic carbocycles. The average Bonchev–Trinajstić information content (AvgIpc) is 3.22. The van der Waals surface area contributed by atoms with Crippen molar-refractivity contribution >= 4 is 22.6 Å². The van der Waals surface area contributed by atoms with Crippen LogP contribution in [0.3, 0.4) is 0 Å². The van der Waals surface area contributed by atoms with Crippen molar-refractivity contribution in [3.8, 4) is 5.75 Å². The predicted octanol–water partition coefficient (Wildman–Crippen LogP) is 5.53. The van der Waals surface area contributed by atoms with Crippen LogP contribution in [0.2, 0.25) is 0 Å². The van der Waals surface area contributed by atoms with Gasteiger partial charge in [0.1, 0.15) is 24.8 Å². The van der Waals surface area contributed by atoms with Crippen LogP contribution in [0.4, 0.5) is 5.69 Å². The fourth-order valence-electron chi connectivity index (χ4n) is 4.42. The number of fused-ring (bicyclic) bond motifs is 1. The zero-order valence-corrected chi connectivity index (χ0v) is 21.0. The fourth-order valence-corrected chi connectivity index (χ4v) is 4.42. The quantitative estimate of drug-likeness (QED) is 0.285. The van der Waals surface area contributed by atoms with Gasteiger partial charge in [-0.05, 0) is 61.2 Å². The Hall–Kier alpha value is -3.64. The van der Waals surface area contributed by atoms with E-state index in [0.29, 0.717) is 13.0 Å². The van der Waals surface area contributed by atoms with Gasteiger partial charge < -0.3 is 14.0 Å². The van der Waals surface area contributed by atoms with E-state index in [9.17, 15) is 4.79 Å². The van der Waals surface area contributed by atoms with E-state index >= 15 is 0 Å². The molecule has 35 heavy (non-hydrogen) atoms. The molecule has 0 spiro atoms. The molecular formula is C29H33N3O3. The number of anilines is 1. The lowest BCUT2D eigenvalue weighted by Crippen LogP contribution is -2.37. The highest BCUT2D eigenvalue weighted by Gasteiger charge is 2.23. The Labute approximate surface area is 207 Å². The van der Waals surface area contributed by atoms with E-state index in [1.54, 1.807) is 12.0 Å². The van der Waals surface area contributed by atoms with E-state index in [0.717, 1.165) is 51.4 Å². The summed E-state index contributed by atoms with van der Waals surface area (Å²) in [4.78, 5) is 20.5. The molecule has 6 nitrogen and oxygen atoms in total. The van der Waals surface area contributed by atoms with Crippen molar-refractivity contribution in [2.45, 2.75) is 40.2 Å². The summed E-state index contributed by atoms with van der Waals surface area (Å²) in [5.74, 6) is 1.64. The van der Waals surface area contributed by atoms with E-state index in [-0.39, 0.29) is 19.2 Å². The van der Waals surface area contributed by atoms with Crippen molar-refractivity contribution in [3.05, 3.63) is 89.2 Å². The number of aryl methyl sites for hydroxylation is 2. The molecule has 0 saturated heterocycles. The molecule has 0 aliphatic heterocycles. The van der Waals surface area contributed by atoms with Gasteiger partial charge in [-0.1, -0.05) is 49.4 Å². The first-order chi connectivity index (χ1) is 17.0. The third kappa shape index (κ3) is 5.38. The van der Waals surface area contributed by atoms with Crippen LogP contribution in [0.25, 0.3) is 11.0 Å². The van der Waals surface area contributed by atoms with Crippen LogP contribution in [-0.2, 0) is 28.9 Å². The molecule has 1 amide bonds. The summed E-state index contributed by atoms with van der Waals surface area (Å²) in [7, 11) is 1.66. The van der Waals surface area contributed by atoms with Crippen molar-refractivity contribution in [3.63, 3.8) is 0 Å². The lowest BCUT2D eigenvalue weighted by atomic mass is 10.0. The third-order valence-electron chi connectivity index (χ3n) is 6.25. The summed E-state index contributed by atoms with van der Waals surface area (Å²) >= 11 is 0. The molecular weight excluding hydrogens is 438 g/mol. The summed E-state index contributed by atoms with van der Waals surface area (Å²) in [6.45, 7) is 7.02. The van der Waals surface area contributed by atoms with E-state index in [1.807, 2.05) is 79.1 Å². The van der Waals surface area contributed by atoms with Crippen LogP contribution in [0, 0.1) is 6.92 Å². The van der Waals surface area contributed by atoms with Gasteiger partial charge in [0.05, 0.1) is 23.8 Å². The van der Waals surface area contributed by atoms with Gasteiger partial charge in [0.25, 0.3) is 0 Å². The average molecular weight is 472 g/mol. The van der Waals surface area contributed by atoms with Gasteiger partial charge in [0, 0.05) is 13.0 Å². The second-order valence-corrected chi connectivity index (χ2v) is 8.51. The number of benzene rings is 3. The molecule has 1 aromatic heterocycles. The minimum absolute atomic E-state index is 0.0263. The van der Waals surface area contributed by atoms with E-state index in [1.165, 1.54) is 0 Å². The number of hydrogen-bond acceptors (Lipinski definition) is 4. The zero-order chi connectivity index (χ0) is 24.8. The highest BCUT2D eigenvalue weighted by molar-refractivity contribution is 5.95. The van der Waals surface area contributed by atoms with Crippen molar-refractivity contribution in [1.82, 2.24) is 9.55 Å². The number of aromatic nitrogens is 2. The van der Waals surface area contributed by atoms with E-state index in [4.69, 9.17) is 14.5 Å². The van der Waals surface area contributed by atoms with Crippen LogP contribution in [-0.4, -0.2) is 35.9 Å². The molecule has 0 radical (unpaired) electrons. The van der Waals surface area contributed by atoms with Gasteiger partial charge >= 0.3 is 0 Å². The number of amides is 1. The molecule has 0 unspecified atom stereocenters. The van der Waals surface area contributed by atoms with Crippen LogP contribution in [0.5, 0.6) is 5.75 Å². The number of nitrogens with zero attached hydrogens (tertiary/aromatic N) is 3. The number of carbonyl (C=O) groups is 1. The SMILES string of the molecule is CCOCN(C(=O)Cn1c(Cc2ccc(OC)cc2)nc2ccccc21)c1c(C)cccc1CC. The molecule has 4 rings (SSSR count). The van der Waals surface area contributed by atoms with Crippen LogP contribution < -0.4 is 9.64 Å². The lowest BCUT2D eigenvalue weighted by Gasteiger charge is -2.27. The second kappa shape index (κ2) is 11.2. The Morgan fingerprint density at radius 1 is 1.00 bits per heavy atom. The second-order valence-electron chi connectivity index (χ2n) is 8.51. The molecule has 0 fully saturated rings. The monoisotopic (exact) mass is 471 g/mol. The molecule has 0 aliphatic carbocycles. The first-order valence-corrected chi connectivity index (χ1v) is 12.1. The highest BCUT2D eigenvalue weighted by atomic mass is 16.5. The number of rotatable bonds is 10. The van der Waals surface area contributed by atoms with Crippen LogP contribution in [0.15, 0.2) is 66.7 Å². The molecule has 0 atom stereocenters. The van der Waals surface area contributed by atoms with Crippen molar-refractivity contribution in [1.29, 1.82) is 0 Å². The number of hydrogen-bond donors (Lipinski definition) is 0. The third-order valence-corrected chi connectivity index (χ3v) is 6.25. The number of imidazole rings is 1. The normalized spacial score (nSPS) is 11.1. The molecule has 0 N–H and O–H groups in total. The van der Waals surface area contributed by atoms with Gasteiger partial charge in [0.15, 0.2) is 0 Å². The summed E-state index contributed by atoms with van der Waals surface area (Å²) in [5, 5.41) is 0. The largest absolute Gasteiger partial charge is 0.497 e. The maximum absolute atomic E-state index is 13.8. The summed E-state index contributed by atoms with van der Waals surface area (Å²) in [6.07, 6.45) is 1.45. The smallest absolute Gasteiger partial charge is 0.248 e. The van der Waals surface area contributed by atoms with Gasteiger partial charge in [0.2, 0.25) is 5.91 Å². The van der Waals surface area contributed by atoms with Crippen LogP contribution >= 0.6 is 0 Å². The first kappa shape index (κ1) is 24.5. The lowest BCUT2D eigenvalue weighted by molar-refractivity contribution is -0.120. The number of methoxy groups -OCH3 is 1. The van der Waals surface area contributed by atoms with Gasteiger partial charge in [-0.15, -0.1) is 0 Å². The summed E-state index contributed by atoms with van der Waals surface area (Å²) in [6, 6.07) is 22.1. The summed E-state index contributed by atoms with van der Waals surface area (Å²) < 4.78 is 13.1. The van der Waals surface area contributed by atoms with Crippen LogP contribution in [0.1, 0.15) is 36.4 Å².